The highest BCUT2D eigenvalue weighted by molar-refractivity contribution is 5.81. The maximum Gasteiger partial charge on any atom is 0.327 e. The molecule has 1 aliphatic carbocycles. The molecule has 1 aliphatic heterocycles. The van der Waals surface area contributed by atoms with Crippen molar-refractivity contribution in [2.75, 3.05) is 25.6 Å². The quantitative estimate of drug-likeness (QED) is 0.652. The largest absolute Gasteiger partial charge is 0.463 e. The molecule has 8 nitrogen and oxygen atoms in total. The molecule has 1 saturated carbocycles. The van der Waals surface area contributed by atoms with Gasteiger partial charge >= 0.3 is 11.7 Å². The van der Waals surface area contributed by atoms with Gasteiger partial charge in [-0.1, -0.05) is 19.3 Å². The Morgan fingerprint density at radius 2 is 2.07 bits per heavy atom. The van der Waals surface area contributed by atoms with Crippen LogP contribution in [0.5, 0.6) is 6.01 Å². The van der Waals surface area contributed by atoms with Gasteiger partial charge < -0.3 is 20.2 Å². The van der Waals surface area contributed by atoms with Gasteiger partial charge in [-0.25, -0.2) is 4.79 Å². The zero-order chi connectivity index (χ0) is 18.6. The van der Waals surface area contributed by atoms with Crippen molar-refractivity contribution in [2.45, 2.75) is 57.9 Å². The second-order valence-corrected chi connectivity index (χ2v) is 7.83. The van der Waals surface area contributed by atoms with Gasteiger partial charge in [0.15, 0.2) is 11.5 Å². The minimum absolute atomic E-state index is 0.192. The van der Waals surface area contributed by atoms with Gasteiger partial charge in [-0.3, -0.25) is 4.57 Å². The van der Waals surface area contributed by atoms with Crippen LogP contribution in [0.3, 0.4) is 0 Å². The van der Waals surface area contributed by atoms with Gasteiger partial charge in [0, 0.05) is 19.8 Å². The Balaban J connectivity index is 1.38. The average molecular weight is 375 g/mol. The number of H-pyrrole nitrogens is 1. The molecule has 3 heterocycles. The third-order valence-electron chi connectivity index (χ3n) is 5.58. The number of aromatic nitrogens is 4. The molecule has 0 radical (unpaired) electrons. The summed E-state index contributed by atoms with van der Waals surface area (Å²) in [7, 11) is 0. The highest BCUT2D eigenvalue weighted by Crippen LogP contribution is 2.32. The molecule has 2 fully saturated rings. The van der Waals surface area contributed by atoms with Gasteiger partial charge in [0.05, 0.1) is 6.61 Å². The predicted molar refractivity (Wildman–Crippen MR) is 103 cm³/mol. The minimum Gasteiger partial charge on any atom is -0.463 e. The zero-order valence-electron chi connectivity index (χ0n) is 15.8. The monoisotopic (exact) mass is 375 g/mol. The van der Waals surface area contributed by atoms with E-state index in [0.29, 0.717) is 30.2 Å². The van der Waals surface area contributed by atoms with Crippen LogP contribution in [0, 0.1) is 11.8 Å². The third kappa shape index (κ3) is 4.61. The highest BCUT2D eigenvalue weighted by Gasteiger charge is 2.21. The lowest BCUT2D eigenvalue weighted by atomic mass is 9.96. The molecular weight excluding hydrogens is 346 g/mol. The Morgan fingerprint density at radius 3 is 2.85 bits per heavy atom. The Bertz CT molecular complexity index is 821. The first-order chi connectivity index (χ1) is 13.2. The van der Waals surface area contributed by atoms with Crippen LogP contribution in [0.2, 0.25) is 0 Å². The molecule has 0 bridgehead atoms. The van der Waals surface area contributed by atoms with E-state index < -0.39 is 0 Å². The number of anilines is 1. The number of unbranched alkanes of at least 4 members (excludes halogenated alkanes) is 1. The van der Waals surface area contributed by atoms with Crippen molar-refractivity contribution < 1.29 is 9.47 Å². The number of rotatable bonds is 9. The molecule has 2 aromatic rings. The standard InChI is InChI=1S/C19H29N5O3/c20-16-15-17(23-18(22-16)27-11-8-13-6-7-13)24(19(25)21-15)9-2-1-4-14-5-3-10-26-12-14/h13-14H,1-12H2,(H,21,25)(H2,20,22,23). The summed E-state index contributed by atoms with van der Waals surface area (Å²) in [5, 5.41) is 0. The lowest BCUT2D eigenvalue weighted by Crippen LogP contribution is -2.19. The molecule has 1 unspecified atom stereocenters. The van der Waals surface area contributed by atoms with E-state index in [1.54, 1.807) is 4.57 Å². The number of ether oxygens (including phenoxy) is 2. The third-order valence-corrected chi connectivity index (χ3v) is 5.58. The molecule has 1 saturated heterocycles. The molecule has 8 heteroatoms. The fourth-order valence-corrected chi connectivity index (χ4v) is 3.76. The number of nitrogens with one attached hydrogen (secondary N) is 1. The fourth-order valence-electron chi connectivity index (χ4n) is 3.76. The Hall–Kier alpha value is -2.09. The molecule has 2 aromatic heterocycles. The van der Waals surface area contributed by atoms with Crippen molar-refractivity contribution in [3.63, 3.8) is 0 Å². The van der Waals surface area contributed by atoms with Crippen LogP contribution < -0.4 is 16.2 Å². The van der Waals surface area contributed by atoms with E-state index in [4.69, 9.17) is 15.2 Å². The Labute approximate surface area is 158 Å². The molecule has 148 valence electrons. The first-order valence-electron chi connectivity index (χ1n) is 10.2. The van der Waals surface area contributed by atoms with Crippen molar-refractivity contribution in [3.05, 3.63) is 10.5 Å². The Kier molecular flexibility index (Phi) is 5.61. The molecule has 3 N–H and O–H groups in total. The lowest BCUT2D eigenvalue weighted by Gasteiger charge is -2.21. The summed E-state index contributed by atoms with van der Waals surface area (Å²) < 4.78 is 12.9. The second kappa shape index (κ2) is 8.29. The van der Waals surface area contributed by atoms with Gasteiger partial charge in [0.25, 0.3) is 0 Å². The summed E-state index contributed by atoms with van der Waals surface area (Å²) in [6.07, 6.45) is 9.13. The number of nitrogen functional groups attached to an aromatic ring is 1. The van der Waals surface area contributed by atoms with Crippen LogP contribution in [0.25, 0.3) is 11.2 Å². The summed E-state index contributed by atoms with van der Waals surface area (Å²) in [4.78, 5) is 23.7. The summed E-state index contributed by atoms with van der Waals surface area (Å²) in [6, 6.07) is 0.257. The van der Waals surface area contributed by atoms with Crippen LogP contribution in [0.15, 0.2) is 4.79 Å². The lowest BCUT2D eigenvalue weighted by molar-refractivity contribution is 0.0506. The van der Waals surface area contributed by atoms with E-state index in [9.17, 15) is 4.79 Å². The molecule has 4 rings (SSSR count). The summed E-state index contributed by atoms with van der Waals surface area (Å²) in [5.74, 6) is 1.70. The maximum absolute atomic E-state index is 12.3. The van der Waals surface area contributed by atoms with Crippen LogP contribution >= 0.6 is 0 Å². The van der Waals surface area contributed by atoms with Crippen molar-refractivity contribution >= 4 is 17.0 Å². The first kappa shape index (κ1) is 18.3. The van der Waals surface area contributed by atoms with E-state index in [1.807, 2.05) is 0 Å². The number of aromatic amines is 1. The summed E-state index contributed by atoms with van der Waals surface area (Å²) in [6.45, 7) is 2.98. The topological polar surface area (TPSA) is 108 Å². The number of aryl methyl sites for hydroxylation is 1. The number of hydrogen-bond donors (Lipinski definition) is 2. The number of nitrogens with zero attached hydrogens (tertiary/aromatic N) is 3. The van der Waals surface area contributed by atoms with Crippen LogP contribution in [0.1, 0.15) is 51.4 Å². The molecule has 0 aromatic carbocycles. The SMILES string of the molecule is Nc1nc(OCCC2CC2)nc2c1[nH]c(=O)n2CCCCC1CCCOC1. The van der Waals surface area contributed by atoms with E-state index in [-0.39, 0.29) is 17.5 Å². The number of imidazole rings is 1. The average Bonchev–Trinajstić information content (AvgIpc) is 3.43. The predicted octanol–water partition coefficient (Wildman–Crippen LogP) is 2.48. The number of fused-ring (bicyclic) bond motifs is 1. The smallest absolute Gasteiger partial charge is 0.327 e. The molecule has 0 spiro atoms. The normalized spacial score (nSPS) is 20.2. The van der Waals surface area contributed by atoms with Gasteiger partial charge in [0.1, 0.15) is 5.52 Å². The fraction of sp³-hybridized carbons (Fsp3) is 0.737. The van der Waals surface area contributed by atoms with Gasteiger partial charge in [0.2, 0.25) is 0 Å². The second-order valence-electron chi connectivity index (χ2n) is 7.83. The van der Waals surface area contributed by atoms with Crippen LogP contribution in [-0.4, -0.2) is 39.3 Å². The van der Waals surface area contributed by atoms with Gasteiger partial charge in [-0.2, -0.15) is 9.97 Å². The number of hydrogen-bond acceptors (Lipinski definition) is 6. The van der Waals surface area contributed by atoms with Gasteiger partial charge in [-0.15, -0.1) is 0 Å². The van der Waals surface area contributed by atoms with Crippen LogP contribution in [-0.2, 0) is 11.3 Å². The first-order valence-corrected chi connectivity index (χ1v) is 10.2. The summed E-state index contributed by atoms with van der Waals surface area (Å²) >= 11 is 0. The molecule has 1 atom stereocenters. The van der Waals surface area contributed by atoms with Crippen molar-refractivity contribution in [1.82, 2.24) is 19.5 Å². The molecule has 0 amide bonds. The molecular formula is C19H29N5O3. The van der Waals surface area contributed by atoms with E-state index in [2.05, 4.69) is 15.0 Å². The maximum atomic E-state index is 12.3. The van der Waals surface area contributed by atoms with E-state index in [1.165, 1.54) is 19.3 Å². The highest BCUT2D eigenvalue weighted by atomic mass is 16.5. The van der Waals surface area contributed by atoms with E-state index >= 15 is 0 Å². The van der Waals surface area contributed by atoms with Crippen molar-refractivity contribution in [1.29, 1.82) is 0 Å². The molecule has 27 heavy (non-hydrogen) atoms. The number of nitrogens with two attached hydrogens (primary N) is 1. The van der Waals surface area contributed by atoms with Crippen molar-refractivity contribution in [3.8, 4) is 6.01 Å². The van der Waals surface area contributed by atoms with Gasteiger partial charge in [-0.05, 0) is 43.9 Å². The zero-order valence-corrected chi connectivity index (χ0v) is 15.8. The van der Waals surface area contributed by atoms with Crippen LogP contribution in [0.4, 0.5) is 5.82 Å². The van der Waals surface area contributed by atoms with Crippen molar-refractivity contribution in [2.24, 2.45) is 11.8 Å². The Morgan fingerprint density at radius 1 is 1.19 bits per heavy atom. The summed E-state index contributed by atoms with van der Waals surface area (Å²) in [5.41, 5.74) is 6.85. The molecule has 2 aliphatic rings. The van der Waals surface area contributed by atoms with E-state index in [0.717, 1.165) is 51.2 Å². The minimum atomic E-state index is -0.192.